The Bertz CT molecular complexity index is 1410. The Kier molecular flexibility index (Phi) is 7.68. The fourth-order valence-corrected chi connectivity index (χ4v) is 11.6. The van der Waals surface area contributed by atoms with Gasteiger partial charge in [-0.1, -0.05) is 43.2 Å². The predicted molar refractivity (Wildman–Crippen MR) is 170 cm³/mol. The monoisotopic (exact) mass is 638 g/mol. The standard InChI is InChI=1S/C36H54N4O6/c1-18-12-29-30(39(15-18)16-23-17-40(38-37-23)34-33(44)32(43)31(42)21(4)45-34)20(3)36(46-29)11-9-25-26-7-6-22-13-24(41)8-10-35(22,5)28(26)14-27(25)19(36)2/h6,17-18,20-21,24-26,28-34,41-44H,7-16H2,1-5H3/t18-,20+,21?,24-,25-,26-,28-,29+,30-,31-,32?,33-,34+,35-,36-/m0/s1. The minimum atomic E-state index is -1.31. The van der Waals surface area contributed by atoms with Crippen LogP contribution in [0.1, 0.15) is 97.9 Å². The summed E-state index contributed by atoms with van der Waals surface area (Å²) >= 11 is 0. The molecule has 0 bridgehead atoms. The first-order chi connectivity index (χ1) is 21.9. The second-order valence-electron chi connectivity index (χ2n) is 16.5. The smallest absolute Gasteiger partial charge is 0.180 e. The topological polar surface area (TPSA) is 133 Å². The normalized spacial score (nSPS) is 50.6. The average Bonchev–Trinajstić information content (AvgIpc) is 3.72. The zero-order valence-electron chi connectivity index (χ0n) is 28.1. The fraction of sp³-hybridized carbons (Fsp3) is 0.833. The van der Waals surface area contributed by atoms with Crippen LogP contribution in [0.15, 0.2) is 29.0 Å². The molecule has 1 aromatic heterocycles. The van der Waals surface area contributed by atoms with Crippen molar-refractivity contribution in [1.82, 2.24) is 19.9 Å². The number of likely N-dealkylation sites (tertiary alicyclic amines) is 1. The van der Waals surface area contributed by atoms with Crippen LogP contribution in [0.4, 0.5) is 0 Å². The molecular weight excluding hydrogens is 584 g/mol. The molecule has 2 unspecified atom stereocenters. The fourth-order valence-electron chi connectivity index (χ4n) is 11.6. The van der Waals surface area contributed by atoms with E-state index in [1.807, 2.05) is 0 Å². The van der Waals surface area contributed by atoms with Crippen LogP contribution >= 0.6 is 0 Å². The molecular formula is C36H54N4O6. The van der Waals surface area contributed by atoms with Crippen molar-refractivity contribution in [3.8, 4) is 0 Å². The molecule has 15 atom stereocenters. The van der Waals surface area contributed by atoms with Crippen LogP contribution in [0.2, 0.25) is 0 Å². The third kappa shape index (κ3) is 4.61. The van der Waals surface area contributed by atoms with Crippen LogP contribution < -0.4 is 0 Å². The van der Waals surface area contributed by atoms with Gasteiger partial charge in [0, 0.05) is 25.0 Å². The van der Waals surface area contributed by atoms with E-state index in [1.165, 1.54) is 28.7 Å². The second kappa shape index (κ2) is 11.2. The van der Waals surface area contributed by atoms with Gasteiger partial charge < -0.3 is 29.9 Å². The van der Waals surface area contributed by atoms with E-state index in [0.717, 1.165) is 50.8 Å². The highest BCUT2D eigenvalue weighted by Crippen LogP contribution is 2.65. The van der Waals surface area contributed by atoms with Crippen molar-refractivity contribution < 1.29 is 29.9 Å². The molecule has 0 aromatic carbocycles. The summed E-state index contributed by atoms with van der Waals surface area (Å²) in [5, 5.41) is 50.3. The molecule has 7 aliphatic rings. The molecule has 4 heterocycles. The molecule has 2 saturated carbocycles. The largest absolute Gasteiger partial charge is 0.393 e. The zero-order valence-corrected chi connectivity index (χ0v) is 28.1. The summed E-state index contributed by atoms with van der Waals surface area (Å²) in [5.41, 5.74) is 5.49. The number of allylic oxidation sites excluding steroid dienone is 2. The van der Waals surface area contributed by atoms with Crippen LogP contribution in [0.25, 0.3) is 0 Å². The number of piperidine rings is 1. The van der Waals surface area contributed by atoms with E-state index < -0.39 is 30.6 Å². The number of aliphatic hydroxyl groups excluding tert-OH is 4. The Hall–Kier alpha value is -1.66. The Balaban J connectivity index is 1.04. The average molecular weight is 639 g/mol. The van der Waals surface area contributed by atoms with E-state index >= 15 is 0 Å². The lowest BCUT2D eigenvalue weighted by Crippen LogP contribution is -2.54. The van der Waals surface area contributed by atoms with Crippen molar-refractivity contribution in [2.45, 2.75) is 147 Å². The second-order valence-corrected chi connectivity index (χ2v) is 16.5. The van der Waals surface area contributed by atoms with Crippen LogP contribution in [0, 0.1) is 35.0 Å². The van der Waals surface area contributed by atoms with Gasteiger partial charge in [0.05, 0.1) is 35.8 Å². The van der Waals surface area contributed by atoms with Crippen LogP contribution in [0.5, 0.6) is 0 Å². The van der Waals surface area contributed by atoms with Crippen molar-refractivity contribution in [2.24, 2.45) is 35.0 Å². The van der Waals surface area contributed by atoms with Gasteiger partial charge in [-0.05, 0) is 99.9 Å². The predicted octanol–water partition coefficient (Wildman–Crippen LogP) is 3.51. The third-order valence-electron chi connectivity index (χ3n) is 14.1. The van der Waals surface area contributed by atoms with Crippen molar-refractivity contribution in [2.75, 3.05) is 6.54 Å². The maximum Gasteiger partial charge on any atom is 0.180 e. The summed E-state index contributed by atoms with van der Waals surface area (Å²) in [5.74, 6) is 2.86. The Morgan fingerprint density at radius 2 is 1.83 bits per heavy atom. The summed E-state index contributed by atoms with van der Waals surface area (Å²) in [6.07, 6.45) is 7.56. The van der Waals surface area contributed by atoms with Gasteiger partial charge in [0.1, 0.15) is 18.3 Å². The Labute approximate surface area is 272 Å². The molecule has 1 spiro atoms. The lowest BCUT2D eigenvalue weighted by atomic mass is 9.56. The SMILES string of the molecule is CC1=C2C[C@H]3[C@@H](CC=C4C[C@@H](O)CC[C@@]43C)[C@@H]2CC[C@]12O[C@@H]1C[C@H](C)CN(Cc3cn([C@@H]4OC(C)[C@H](O)C(O)[C@@H]4O)nn3)[C@H]1[C@H]2C. The maximum absolute atomic E-state index is 10.6. The molecule has 0 amide bonds. The van der Waals surface area contributed by atoms with Crippen molar-refractivity contribution in [3.63, 3.8) is 0 Å². The number of hydrogen-bond donors (Lipinski definition) is 4. The van der Waals surface area contributed by atoms with Gasteiger partial charge >= 0.3 is 0 Å². The Morgan fingerprint density at radius 1 is 1.02 bits per heavy atom. The first kappa shape index (κ1) is 31.6. The number of rotatable bonds is 3. The summed E-state index contributed by atoms with van der Waals surface area (Å²) in [7, 11) is 0. The van der Waals surface area contributed by atoms with E-state index in [-0.39, 0.29) is 29.3 Å². The van der Waals surface area contributed by atoms with Crippen molar-refractivity contribution in [1.29, 1.82) is 0 Å². The summed E-state index contributed by atoms with van der Waals surface area (Å²) in [6.45, 7) is 12.9. The minimum Gasteiger partial charge on any atom is -0.393 e. The lowest BCUT2D eigenvalue weighted by molar-refractivity contribution is -0.243. The van der Waals surface area contributed by atoms with Gasteiger partial charge in [0.2, 0.25) is 0 Å². The Morgan fingerprint density at radius 3 is 2.63 bits per heavy atom. The summed E-state index contributed by atoms with van der Waals surface area (Å²) in [6, 6.07) is 0.274. The quantitative estimate of drug-likeness (QED) is 0.367. The van der Waals surface area contributed by atoms with Gasteiger partial charge in [-0.3, -0.25) is 4.90 Å². The first-order valence-corrected chi connectivity index (χ1v) is 18.0. The first-order valence-electron chi connectivity index (χ1n) is 18.0. The summed E-state index contributed by atoms with van der Waals surface area (Å²) in [4.78, 5) is 2.55. The molecule has 46 heavy (non-hydrogen) atoms. The van der Waals surface area contributed by atoms with E-state index in [9.17, 15) is 20.4 Å². The van der Waals surface area contributed by atoms with Gasteiger partial charge in [-0.2, -0.15) is 0 Å². The molecule has 5 fully saturated rings. The molecule has 254 valence electrons. The maximum atomic E-state index is 10.6. The molecule has 10 nitrogen and oxygen atoms in total. The van der Waals surface area contributed by atoms with E-state index in [1.54, 1.807) is 18.7 Å². The van der Waals surface area contributed by atoms with Crippen molar-refractivity contribution in [3.05, 3.63) is 34.7 Å². The molecule has 4 aliphatic carbocycles. The number of hydrogen-bond acceptors (Lipinski definition) is 9. The van der Waals surface area contributed by atoms with E-state index in [2.05, 4.69) is 49.0 Å². The lowest BCUT2D eigenvalue weighted by Gasteiger charge is -2.49. The van der Waals surface area contributed by atoms with Gasteiger partial charge in [-0.15, -0.1) is 5.10 Å². The number of nitrogens with zero attached hydrogens (tertiary/aromatic N) is 4. The molecule has 8 rings (SSSR count). The number of fused-ring (bicyclic) bond motifs is 6. The molecule has 4 N–H and O–H groups in total. The van der Waals surface area contributed by atoms with Crippen molar-refractivity contribution >= 4 is 0 Å². The van der Waals surface area contributed by atoms with Gasteiger partial charge in [0.25, 0.3) is 0 Å². The zero-order chi connectivity index (χ0) is 32.3. The van der Waals surface area contributed by atoms with Gasteiger partial charge in [0.15, 0.2) is 6.23 Å². The highest BCUT2D eigenvalue weighted by atomic mass is 16.5. The number of ether oxygens (including phenoxy) is 2. The highest BCUT2D eigenvalue weighted by Gasteiger charge is 2.61. The molecule has 1 aromatic rings. The minimum absolute atomic E-state index is 0.163. The van der Waals surface area contributed by atoms with Crippen LogP contribution in [-0.2, 0) is 16.0 Å². The molecule has 0 radical (unpaired) electrons. The molecule has 3 saturated heterocycles. The summed E-state index contributed by atoms with van der Waals surface area (Å²) < 4.78 is 14.6. The van der Waals surface area contributed by atoms with E-state index in [4.69, 9.17) is 9.47 Å². The number of aliphatic hydroxyl groups is 4. The van der Waals surface area contributed by atoms with Gasteiger partial charge in [-0.25, -0.2) is 4.68 Å². The highest BCUT2D eigenvalue weighted by molar-refractivity contribution is 5.38. The molecule has 3 aliphatic heterocycles. The van der Waals surface area contributed by atoms with E-state index in [0.29, 0.717) is 36.1 Å². The van der Waals surface area contributed by atoms with Crippen LogP contribution in [0.3, 0.4) is 0 Å². The molecule has 10 heteroatoms. The van der Waals surface area contributed by atoms with Crippen LogP contribution in [-0.4, -0.2) is 95.1 Å². The number of aromatic nitrogens is 3. The third-order valence-corrected chi connectivity index (χ3v) is 14.1.